The van der Waals surface area contributed by atoms with E-state index in [2.05, 4.69) is 9.98 Å². The maximum atomic E-state index is 5.53. The van der Waals surface area contributed by atoms with Gasteiger partial charge >= 0.3 is 0 Å². The second-order valence-electron chi connectivity index (χ2n) is 2.79. The summed E-state index contributed by atoms with van der Waals surface area (Å²) in [4.78, 5) is 8.00. The van der Waals surface area contributed by atoms with E-state index in [1.807, 2.05) is 20.8 Å². The third kappa shape index (κ3) is 6.72. The highest BCUT2D eigenvalue weighted by molar-refractivity contribution is 6.65. The summed E-state index contributed by atoms with van der Waals surface area (Å²) in [5.74, 6) is 0. The smallest absolute Gasteiger partial charge is 0.111 e. The van der Waals surface area contributed by atoms with Gasteiger partial charge in [-0.15, -0.1) is 0 Å². The highest BCUT2D eigenvalue weighted by Gasteiger charge is 2.08. The Labute approximate surface area is 84.9 Å². The molecule has 76 valence electrons. The lowest BCUT2D eigenvalue weighted by Crippen LogP contribution is -2.21. The summed E-state index contributed by atoms with van der Waals surface area (Å²) in [6.45, 7) is 8.36. The molecule has 0 rings (SSSR count). The number of aliphatic imine (C=N–C) groups is 2. The van der Waals surface area contributed by atoms with E-state index in [4.69, 9.17) is 16.3 Å². The van der Waals surface area contributed by atoms with Crippen LogP contribution in [-0.4, -0.2) is 30.3 Å². The lowest BCUT2D eigenvalue weighted by atomic mass is 10.2. The molecule has 0 aliphatic rings. The number of ether oxygens (including phenoxy) is 1. The Bertz CT molecular complexity index is 188. The SMILES string of the molecule is CCOC(C)C(C)N=CN=C(C)Cl. The first-order chi connectivity index (χ1) is 6.07. The van der Waals surface area contributed by atoms with Gasteiger partial charge < -0.3 is 4.74 Å². The molecule has 0 saturated heterocycles. The summed E-state index contributed by atoms with van der Waals surface area (Å²) >= 11 is 5.53. The van der Waals surface area contributed by atoms with Crippen molar-refractivity contribution in [3.05, 3.63) is 0 Å². The van der Waals surface area contributed by atoms with Crippen LogP contribution in [0.2, 0.25) is 0 Å². The summed E-state index contributed by atoms with van der Waals surface area (Å²) in [5.41, 5.74) is 0. The minimum absolute atomic E-state index is 0.111. The van der Waals surface area contributed by atoms with Crippen LogP contribution in [0, 0.1) is 0 Å². The normalized spacial score (nSPS) is 17.8. The first-order valence-corrected chi connectivity index (χ1v) is 4.78. The molecular weight excluding hydrogens is 188 g/mol. The van der Waals surface area contributed by atoms with Gasteiger partial charge in [0, 0.05) is 6.61 Å². The van der Waals surface area contributed by atoms with E-state index in [0.29, 0.717) is 11.8 Å². The monoisotopic (exact) mass is 204 g/mol. The van der Waals surface area contributed by atoms with Crippen molar-refractivity contribution < 1.29 is 4.74 Å². The van der Waals surface area contributed by atoms with Gasteiger partial charge in [-0.3, -0.25) is 4.99 Å². The van der Waals surface area contributed by atoms with Crippen molar-refractivity contribution in [1.29, 1.82) is 0 Å². The molecule has 0 radical (unpaired) electrons. The predicted molar refractivity (Wildman–Crippen MR) is 58.0 cm³/mol. The molecule has 0 aromatic heterocycles. The fraction of sp³-hybridized carbons (Fsp3) is 0.778. The van der Waals surface area contributed by atoms with Crippen molar-refractivity contribution in [2.24, 2.45) is 9.98 Å². The first kappa shape index (κ1) is 12.6. The molecule has 2 atom stereocenters. The van der Waals surface area contributed by atoms with Crippen molar-refractivity contribution in [1.82, 2.24) is 0 Å². The minimum atomic E-state index is 0.111. The number of rotatable bonds is 5. The average Bonchev–Trinajstić information content (AvgIpc) is 2.04. The molecule has 0 heterocycles. The second-order valence-corrected chi connectivity index (χ2v) is 3.34. The largest absolute Gasteiger partial charge is 0.377 e. The highest BCUT2D eigenvalue weighted by Crippen LogP contribution is 2.01. The van der Waals surface area contributed by atoms with Crippen LogP contribution in [0.15, 0.2) is 9.98 Å². The molecule has 0 bridgehead atoms. The van der Waals surface area contributed by atoms with Crippen LogP contribution < -0.4 is 0 Å². The Morgan fingerprint density at radius 3 is 2.62 bits per heavy atom. The number of nitrogens with zero attached hydrogens (tertiary/aromatic N) is 2. The van der Waals surface area contributed by atoms with Crippen molar-refractivity contribution in [3.63, 3.8) is 0 Å². The van der Waals surface area contributed by atoms with Crippen molar-refractivity contribution >= 4 is 23.1 Å². The van der Waals surface area contributed by atoms with Crippen LogP contribution in [0.1, 0.15) is 27.7 Å². The van der Waals surface area contributed by atoms with Gasteiger partial charge in [0.1, 0.15) is 11.5 Å². The van der Waals surface area contributed by atoms with Gasteiger partial charge in [0.2, 0.25) is 0 Å². The number of hydrogen-bond acceptors (Lipinski definition) is 2. The Morgan fingerprint density at radius 1 is 1.54 bits per heavy atom. The van der Waals surface area contributed by atoms with E-state index < -0.39 is 0 Å². The molecule has 0 fully saturated rings. The van der Waals surface area contributed by atoms with Crippen LogP contribution in [0.25, 0.3) is 0 Å². The zero-order valence-electron chi connectivity index (χ0n) is 8.62. The van der Waals surface area contributed by atoms with E-state index in [9.17, 15) is 0 Å². The first-order valence-electron chi connectivity index (χ1n) is 4.41. The average molecular weight is 205 g/mol. The number of halogens is 1. The predicted octanol–water partition coefficient (Wildman–Crippen LogP) is 2.49. The fourth-order valence-corrected chi connectivity index (χ4v) is 0.785. The molecule has 2 unspecified atom stereocenters. The van der Waals surface area contributed by atoms with Crippen molar-refractivity contribution in [3.8, 4) is 0 Å². The van der Waals surface area contributed by atoms with E-state index in [-0.39, 0.29) is 12.1 Å². The summed E-state index contributed by atoms with van der Waals surface area (Å²) in [6, 6.07) is 0.111. The topological polar surface area (TPSA) is 34.0 Å². The molecule has 0 N–H and O–H groups in total. The molecule has 0 aromatic carbocycles. The van der Waals surface area contributed by atoms with Crippen LogP contribution in [0.5, 0.6) is 0 Å². The van der Waals surface area contributed by atoms with Gasteiger partial charge in [-0.1, -0.05) is 11.6 Å². The maximum Gasteiger partial charge on any atom is 0.111 e. The Morgan fingerprint density at radius 2 is 2.15 bits per heavy atom. The zero-order chi connectivity index (χ0) is 10.3. The van der Waals surface area contributed by atoms with Gasteiger partial charge in [0.05, 0.1) is 12.1 Å². The van der Waals surface area contributed by atoms with Crippen LogP contribution in [-0.2, 0) is 4.74 Å². The molecule has 13 heavy (non-hydrogen) atoms. The third-order valence-corrected chi connectivity index (χ3v) is 1.74. The molecule has 0 aliphatic carbocycles. The summed E-state index contributed by atoms with van der Waals surface area (Å²) in [6.07, 6.45) is 1.59. The Balaban J connectivity index is 3.91. The van der Waals surface area contributed by atoms with E-state index in [1.165, 1.54) is 6.34 Å². The van der Waals surface area contributed by atoms with Crippen molar-refractivity contribution in [2.75, 3.05) is 6.61 Å². The highest BCUT2D eigenvalue weighted by atomic mass is 35.5. The molecule has 0 aromatic rings. The Kier molecular flexibility index (Phi) is 6.82. The maximum absolute atomic E-state index is 5.53. The summed E-state index contributed by atoms with van der Waals surface area (Å²) in [5, 5.41) is 0.486. The van der Waals surface area contributed by atoms with Gasteiger partial charge in [-0.2, -0.15) is 0 Å². The van der Waals surface area contributed by atoms with E-state index in [0.717, 1.165) is 0 Å². The number of hydrogen-bond donors (Lipinski definition) is 0. The molecule has 0 aliphatic heterocycles. The van der Waals surface area contributed by atoms with Crippen LogP contribution >= 0.6 is 11.6 Å². The van der Waals surface area contributed by atoms with E-state index >= 15 is 0 Å². The van der Waals surface area contributed by atoms with Gasteiger partial charge in [0.15, 0.2) is 0 Å². The van der Waals surface area contributed by atoms with Gasteiger partial charge in [-0.05, 0) is 27.7 Å². The summed E-state index contributed by atoms with van der Waals surface area (Å²) in [7, 11) is 0. The molecule has 0 spiro atoms. The van der Waals surface area contributed by atoms with Crippen LogP contribution in [0.4, 0.5) is 0 Å². The third-order valence-electron chi connectivity index (χ3n) is 1.65. The fourth-order valence-electron chi connectivity index (χ4n) is 0.741. The summed E-state index contributed by atoms with van der Waals surface area (Å²) < 4.78 is 5.37. The standard InChI is InChI=1S/C9H17ClN2O/c1-5-13-8(3)7(2)11-6-12-9(4)10/h6-8H,5H2,1-4H3. The lowest BCUT2D eigenvalue weighted by molar-refractivity contribution is 0.0625. The molecule has 3 nitrogen and oxygen atoms in total. The van der Waals surface area contributed by atoms with Crippen molar-refractivity contribution in [2.45, 2.75) is 39.8 Å². The van der Waals surface area contributed by atoms with Gasteiger partial charge in [0.25, 0.3) is 0 Å². The molecule has 4 heteroatoms. The molecule has 0 saturated carbocycles. The zero-order valence-corrected chi connectivity index (χ0v) is 9.38. The quantitative estimate of drug-likeness (QED) is 0.501. The lowest BCUT2D eigenvalue weighted by Gasteiger charge is -2.14. The van der Waals surface area contributed by atoms with Gasteiger partial charge in [-0.25, -0.2) is 4.99 Å². The minimum Gasteiger partial charge on any atom is -0.377 e. The second kappa shape index (κ2) is 7.04. The Hall–Kier alpha value is -0.410. The molecule has 0 amide bonds. The van der Waals surface area contributed by atoms with Crippen LogP contribution in [0.3, 0.4) is 0 Å². The van der Waals surface area contributed by atoms with E-state index in [1.54, 1.807) is 6.92 Å². The molecular formula is C9H17ClN2O.